The Morgan fingerprint density at radius 1 is 1.29 bits per heavy atom. The van der Waals surface area contributed by atoms with Crippen LogP contribution in [0.25, 0.3) is 10.2 Å². The predicted molar refractivity (Wildman–Crippen MR) is 99.4 cm³/mol. The van der Waals surface area contributed by atoms with Crippen LogP contribution < -0.4 is 4.80 Å². The molecule has 0 spiro atoms. The van der Waals surface area contributed by atoms with Crippen molar-refractivity contribution in [3.8, 4) is 0 Å². The summed E-state index contributed by atoms with van der Waals surface area (Å²) in [6.45, 7) is 0.180. The number of aryl methyl sites for hydroxylation is 1. The lowest BCUT2D eigenvalue weighted by molar-refractivity contribution is -0.384. The number of thiazole rings is 1. The highest BCUT2D eigenvalue weighted by atomic mass is 32.1. The molecule has 3 aromatic rings. The van der Waals surface area contributed by atoms with Gasteiger partial charge in [-0.05, 0) is 24.3 Å². The van der Waals surface area contributed by atoms with Crippen LogP contribution in [0.1, 0.15) is 16.8 Å². The fourth-order valence-corrected chi connectivity index (χ4v) is 3.64. The molecule has 0 N–H and O–H groups in total. The molecule has 2 aromatic carbocycles. The minimum atomic E-state index is -0.678. The van der Waals surface area contributed by atoms with Gasteiger partial charge in [0.2, 0.25) is 0 Å². The lowest BCUT2D eigenvalue weighted by atomic mass is 10.2. The maximum absolute atomic E-state index is 13.6. The van der Waals surface area contributed by atoms with Crippen LogP contribution in [-0.4, -0.2) is 28.5 Å². The van der Waals surface area contributed by atoms with E-state index in [1.165, 1.54) is 43.5 Å². The molecule has 3 rings (SSSR count). The number of aromatic nitrogens is 1. The molecular formula is C18H14FN3O5S. The van der Waals surface area contributed by atoms with Crippen molar-refractivity contribution in [2.24, 2.45) is 4.99 Å². The van der Waals surface area contributed by atoms with Gasteiger partial charge in [0, 0.05) is 24.2 Å². The van der Waals surface area contributed by atoms with Crippen LogP contribution in [0.3, 0.4) is 0 Å². The lowest BCUT2D eigenvalue weighted by Gasteiger charge is -2.04. The van der Waals surface area contributed by atoms with Gasteiger partial charge in [0.1, 0.15) is 5.82 Å². The predicted octanol–water partition coefficient (Wildman–Crippen LogP) is 3.05. The minimum absolute atomic E-state index is 0.0396. The molecule has 0 saturated heterocycles. The van der Waals surface area contributed by atoms with Crippen LogP contribution in [0.5, 0.6) is 0 Å². The van der Waals surface area contributed by atoms with Crippen LogP contribution >= 0.6 is 11.3 Å². The highest BCUT2D eigenvalue weighted by Gasteiger charge is 2.14. The third-order valence-corrected chi connectivity index (χ3v) is 4.95. The summed E-state index contributed by atoms with van der Waals surface area (Å²) in [5, 5.41) is 10.9. The molecule has 1 heterocycles. The number of rotatable bonds is 5. The largest absolute Gasteiger partial charge is 0.469 e. The van der Waals surface area contributed by atoms with Crippen molar-refractivity contribution >= 4 is 39.1 Å². The zero-order chi connectivity index (χ0) is 20.3. The topological polar surface area (TPSA) is 104 Å². The van der Waals surface area contributed by atoms with E-state index >= 15 is 0 Å². The van der Waals surface area contributed by atoms with E-state index in [1.54, 1.807) is 4.57 Å². The van der Waals surface area contributed by atoms with E-state index in [1.807, 2.05) is 0 Å². The number of ether oxygens (including phenoxy) is 1. The van der Waals surface area contributed by atoms with E-state index in [4.69, 9.17) is 0 Å². The van der Waals surface area contributed by atoms with Crippen LogP contribution in [0.15, 0.2) is 47.5 Å². The molecule has 0 aliphatic heterocycles. The first-order valence-electron chi connectivity index (χ1n) is 8.08. The van der Waals surface area contributed by atoms with Crippen molar-refractivity contribution in [1.82, 2.24) is 4.57 Å². The second-order valence-electron chi connectivity index (χ2n) is 5.70. The van der Waals surface area contributed by atoms with Gasteiger partial charge in [0.15, 0.2) is 4.80 Å². The number of amides is 1. The number of carbonyl (C=O) groups is 2. The zero-order valence-electron chi connectivity index (χ0n) is 14.6. The Morgan fingerprint density at radius 3 is 2.79 bits per heavy atom. The van der Waals surface area contributed by atoms with Gasteiger partial charge >= 0.3 is 5.97 Å². The van der Waals surface area contributed by atoms with Gasteiger partial charge in [0.05, 0.1) is 28.7 Å². The summed E-state index contributed by atoms with van der Waals surface area (Å²) < 4.78 is 20.4. The molecule has 0 bridgehead atoms. The fourth-order valence-electron chi connectivity index (χ4n) is 2.56. The smallest absolute Gasteiger partial charge is 0.307 e. The first-order chi connectivity index (χ1) is 13.4. The number of methoxy groups -OCH3 is 1. The second-order valence-corrected chi connectivity index (χ2v) is 6.71. The number of hydrogen-bond donors (Lipinski definition) is 0. The number of hydrogen-bond acceptors (Lipinski definition) is 6. The third kappa shape index (κ3) is 4.12. The molecule has 0 aliphatic rings. The molecule has 8 nitrogen and oxygen atoms in total. The van der Waals surface area contributed by atoms with E-state index in [9.17, 15) is 24.1 Å². The van der Waals surface area contributed by atoms with Crippen molar-refractivity contribution in [1.29, 1.82) is 0 Å². The Labute approximate surface area is 161 Å². The van der Waals surface area contributed by atoms with Crippen LogP contribution in [0, 0.1) is 15.9 Å². The van der Waals surface area contributed by atoms with Gasteiger partial charge in [-0.25, -0.2) is 4.39 Å². The normalized spacial score (nSPS) is 11.6. The summed E-state index contributed by atoms with van der Waals surface area (Å²) in [4.78, 5) is 38.6. The molecule has 1 amide bonds. The number of non-ortho nitro benzene ring substituents is 1. The summed E-state index contributed by atoms with van der Waals surface area (Å²) in [5.41, 5.74) is 0.441. The van der Waals surface area contributed by atoms with Gasteiger partial charge in [0.25, 0.3) is 11.6 Å². The van der Waals surface area contributed by atoms with E-state index < -0.39 is 22.6 Å². The summed E-state index contributed by atoms with van der Waals surface area (Å²) in [6, 6.07) is 9.35. The van der Waals surface area contributed by atoms with Crippen molar-refractivity contribution in [2.45, 2.75) is 13.0 Å². The van der Waals surface area contributed by atoms with Gasteiger partial charge in [-0.3, -0.25) is 19.7 Å². The molecule has 0 atom stereocenters. The molecule has 0 radical (unpaired) electrons. The molecule has 0 unspecified atom stereocenters. The number of benzene rings is 2. The number of esters is 1. The summed E-state index contributed by atoms with van der Waals surface area (Å²) in [6.07, 6.45) is 0.0396. The first kappa shape index (κ1) is 19.4. The summed E-state index contributed by atoms with van der Waals surface area (Å²) in [5.74, 6) is -1.56. The zero-order valence-corrected chi connectivity index (χ0v) is 15.4. The van der Waals surface area contributed by atoms with E-state index in [-0.39, 0.29) is 29.0 Å². The Hall–Kier alpha value is -3.40. The van der Waals surface area contributed by atoms with Gasteiger partial charge in [-0.2, -0.15) is 4.99 Å². The van der Waals surface area contributed by atoms with Crippen LogP contribution in [0.4, 0.5) is 10.1 Å². The number of nitro groups is 1. The molecule has 0 fully saturated rings. The number of halogens is 1. The molecule has 0 aliphatic carbocycles. The van der Waals surface area contributed by atoms with Crippen LogP contribution in [0.2, 0.25) is 0 Å². The molecule has 0 saturated carbocycles. The van der Waals surface area contributed by atoms with Crippen molar-refractivity contribution in [3.63, 3.8) is 0 Å². The lowest BCUT2D eigenvalue weighted by Crippen LogP contribution is -2.19. The number of fused-ring (bicyclic) bond motifs is 1. The van der Waals surface area contributed by atoms with Crippen molar-refractivity contribution < 1.29 is 23.6 Å². The van der Waals surface area contributed by atoms with Gasteiger partial charge in [-0.15, -0.1) is 0 Å². The Bertz CT molecular complexity index is 1150. The molecule has 144 valence electrons. The number of nitro benzene ring substituents is 1. The molecule has 28 heavy (non-hydrogen) atoms. The second kappa shape index (κ2) is 8.09. The number of carbonyl (C=O) groups excluding carboxylic acids is 2. The molecule has 1 aromatic heterocycles. The highest BCUT2D eigenvalue weighted by molar-refractivity contribution is 7.16. The third-order valence-electron chi connectivity index (χ3n) is 3.91. The van der Waals surface area contributed by atoms with Crippen LogP contribution in [-0.2, 0) is 16.1 Å². The Kier molecular flexibility index (Phi) is 5.59. The average Bonchev–Trinajstić information content (AvgIpc) is 3.01. The first-order valence-corrected chi connectivity index (χ1v) is 8.90. The van der Waals surface area contributed by atoms with E-state index in [2.05, 4.69) is 9.73 Å². The van der Waals surface area contributed by atoms with E-state index in [0.29, 0.717) is 10.2 Å². The van der Waals surface area contributed by atoms with Crippen molar-refractivity contribution in [3.05, 3.63) is 68.8 Å². The quantitative estimate of drug-likeness (QED) is 0.370. The Balaban J connectivity index is 2.07. The fraction of sp³-hybridized carbons (Fsp3) is 0.167. The molecule has 10 heteroatoms. The standard InChI is InChI=1S/C18H14FN3O5S/c1-27-16(23)7-8-21-14-6-5-12(19)10-15(14)28-18(21)20-17(24)11-3-2-4-13(9-11)22(25)26/h2-6,9-10H,7-8H2,1H3. The SMILES string of the molecule is COC(=O)CCn1c(=NC(=O)c2cccc([N+](=O)[O-])c2)sc2cc(F)ccc21. The summed E-state index contributed by atoms with van der Waals surface area (Å²) in [7, 11) is 1.27. The molecular weight excluding hydrogens is 389 g/mol. The number of nitrogens with zero attached hydrogens (tertiary/aromatic N) is 3. The minimum Gasteiger partial charge on any atom is -0.469 e. The van der Waals surface area contributed by atoms with Crippen molar-refractivity contribution in [2.75, 3.05) is 7.11 Å². The monoisotopic (exact) mass is 403 g/mol. The van der Waals surface area contributed by atoms with Gasteiger partial charge in [-0.1, -0.05) is 17.4 Å². The summed E-state index contributed by atoms with van der Waals surface area (Å²) >= 11 is 1.08. The highest BCUT2D eigenvalue weighted by Crippen LogP contribution is 2.20. The maximum Gasteiger partial charge on any atom is 0.307 e. The van der Waals surface area contributed by atoms with E-state index in [0.717, 1.165) is 17.4 Å². The maximum atomic E-state index is 13.6. The Morgan fingerprint density at radius 2 is 2.07 bits per heavy atom. The van der Waals surface area contributed by atoms with Gasteiger partial charge < -0.3 is 9.30 Å². The average molecular weight is 403 g/mol.